The first kappa shape index (κ1) is 18.8. The van der Waals surface area contributed by atoms with E-state index >= 15 is 0 Å². The second kappa shape index (κ2) is 9.12. The summed E-state index contributed by atoms with van der Waals surface area (Å²) < 4.78 is 0. The van der Waals surface area contributed by atoms with Crippen LogP contribution < -0.4 is 15.1 Å². The third-order valence-corrected chi connectivity index (χ3v) is 4.34. The molecule has 0 spiro atoms. The van der Waals surface area contributed by atoms with E-state index in [1.165, 1.54) is 12.5 Å². The lowest BCUT2D eigenvalue weighted by Crippen LogP contribution is -2.32. The van der Waals surface area contributed by atoms with Gasteiger partial charge in [-0.15, -0.1) is 0 Å². The summed E-state index contributed by atoms with van der Waals surface area (Å²) in [5.41, 5.74) is 0.982. The lowest BCUT2D eigenvalue weighted by molar-refractivity contribution is -0.116. The molecule has 1 aliphatic heterocycles. The molecule has 0 bridgehead atoms. The molecule has 1 saturated heterocycles. The number of hydrogen-bond donors (Lipinski definition) is 1. The van der Waals surface area contributed by atoms with Crippen molar-refractivity contribution < 1.29 is 4.79 Å². The Hall–Kier alpha value is -2.96. The summed E-state index contributed by atoms with van der Waals surface area (Å²) >= 11 is 0. The Balaban J connectivity index is 1.67. The van der Waals surface area contributed by atoms with Crippen LogP contribution in [0.5, 0.6) is 0 Å². The van der Waals surface area contributed by atoms with E-state index in [0.29, 0.717) is 17.7 Å². The van der Waals surface area contributed by atoms with Crippen molar-refractivity contribution in [3.05, 3.63) is 47.8 Å². The van der Waals surface area contributed by atoms with E-state index in [1.54, 1.807) is 6.08 Å². The highest BCUT2D eigenvalue weighted by molar-refractivity contribution is 5.91. The van der Waals surface area contributed by atoms with E-state index in [0.717, 1.165) is 31.5 Å². The molecular weight excluding hydrogens is 340 g/mol. The van der Waals surface area contributed by atoms with Gasteiger partial charge in [0.1, 0.15) is 0 Å². The van der Waals surface area contributed by atoms with Crippen molar-refractivity contribution in [2.45, 2.75) is 25.8 Å². The zero-order valence-corrected chi connectivity index (χ0v) is 15.9. The summed E-state index contributed by atoms with van der Waals surface area (Å²) in [6, 6.07) is 9.72. The molecule has 2 aromatic rings. The molecule has 27 heavy (non-hydrogen) atoms. The Morgan fingerprint density at radius 2 is 1.85 bits per heavy atom. The van der Waals surface area contributed by atoms with Crippen molar-refractivity contribution in [2.75, 3.05) is 37.0 Å². The topological polar surface area (TPSA) is 74.2 Å². The van der Waals surface area contributed by atoms with Gasteiger partial charge in [0.05, 0.1) is 6.54 Å². The number of amides is 1. The molecule has 2 heterocycles. The number of aromatic nitrogens is 3. The van der Waals surface area contributed by atoms with Gasteiger partial charge in [0.2, 0.25) is 17.8 Å². The van der Waals surface area contributed by atoms with Gasteiger partial charge in [-0.1, -0.05) is 30.3 Å². The minimum Gasteiger partial charge on any atom is -0.347 e. The number of piperidine rings is 1. The average Bonchev–Trinajstić information content (AvgIpc) is 2.72. The predicted molar refractivity (Wildman–Crippen MR) is 108 cm³/mol. The van der Waals surface area contributed by atoms with Crippen LogP contribution >= 0.6 is 0 Å². The fraction of sp³-hybridized carbons (Fsp3) is 0.400. The first-order chi connectivity index (χ1) is 13.1. The predicted octanol–water partition coefficient (Wildman–Crippen LogP) is 2.26. The van der Waals surface area contributed by atoms with Gasteiger partial charge in [0.25, 0.3) is 0 Å². The highest BCUT2D eigenvalue weighted by Crippen LogP contribution is 2.17. The third-order valence-electron chi connectivity index (χ3n) is 4.34. The molecule has 7 heteroatoms. The zero-order chi connectivity index (χ0) is 19.1. The number of nitrogens with one attached hydrogen (secondary N) is 1. The first-order valence-corrected chi connectivity index (χ1v) is 9.30. The van der Waals surface area contributed by atoms with E-state index < -0.39 is 0 Å². The second-order valence-corrected chi connectivity index (χ2v) is 6.76. The Labute approximate surface area is 160 Å². The van der Waals surface area contributed by atoms with Gasteiger partial charge in [0.15, 0.2) is 5.82 Å². The molecular formula is C20H26N6O. The second-order valence-electron chi connectivity index (χ2n) is 6.76. The van der Waals surface area contributed by atoms with Crippen LogP contribution in [0.25, 0.3) is 6.08 Å². The Morgan fingerprint density at radius 1 is 1.11 bits per heavy atom. The average molecular weight is 366 g/mol. The van der Waals surface area contributed by atoms with Crippen LogP contribution in [0.3, 0.4) is 0 Å². The maximum absolute atomic E-state index is 12.1. The fourth-order valence-electron chi connectivity index (χ4n) is 2.87. The number of carbonyl (C=O) groups is 1. The van der Waals surface area contributed by atoms with Gasteiger partial charge >= 0.3 is 0 Å². The SMILES string of the molecule is CN(C)c1nc(CNC(=O)C=Cc2ccccc2)nc(N2CCCCC2)n1. The van der Waals surface area contributed by atoms with Crippen molar-refractivity contribution in [1.29, 1.82) is 0 Å². The van der Waals surface area contributed by atoms with Gasteiger partial charge < -0.3 is 15.1 Å². The Morgan fingerprint density at radius 3 is 2.56 bits per heavy atom. The number of nitrogens with zero attached hydrogens (tertiary/aromatic N) is 5. The quantitative estimate of drug-likeness (QED) is 0.791. The molecule has 1 aromatic heterocycles. The summed E-state index contributed by atoms with van der Waals surface area (Å²) in [6.45, 7) is 2.19. The molecule has 1 aromatic carbocycles. The molecule has 0 unspecified atom stereocenters. The lowest BCUT2D eigenvalue weighted by Gasteiger charge is -2.27. The maximum Gasteiger partial charge on any atom is 0.244 e. The van der Waals surface area contributed by atoms with Crippen molar-refractivity contribution in [3.8, 4) is 0 Å². The molecule has 1 aliphatic rings. The summed E-state index contributed by atoms with van der Waals surface area (Å²) in [5, 5.41) is 2.85. The van der Waals surface area contributed by atoms with Crippen LogP contribution in [0.15, 0.2) is 36.4 Å². The highest BCUT2D eigenvalue weighted by atomic mass is 16.1. The number of hydrogen-bond acceptors (Lipinski definition) is 6. The maximum atomic E-state index is 12.1. The third kappa shape index (κ3) is 5.51. The van der Waals surface area contributed by atoms with E-state index in [-0.39, 0.29) is 12.5 Å². The number of rotatable bonds is 6. The molecule has 1 fully saturated rings. The largest absolute Gasteiger partial charge is 0.347 e. The van der Waals surface area contributed by atoms with Crippen LogP contribution in [0.1, 0.15) is 30.7 Å². The van der Waals surface area contributed by atoms with Crippen molar-refractivity contribution in [1.82, 2.24) is 20.3 Å². The smallest absolute Gasteiger partial charge is 0.244 e. The molecule has 7 nitrogen and oxygen atoms in total. The summed E-state index contributed by atoms with van der Waals surface area (Å²) in [6.07, 6.45) is 6.86. The van der Waals surface area contributed by atoms with Gasteiger partial charge in [-0.25, -0.2) is 0 Å². The van der Waals surface area contributed by atoms with Crippen LogP contribution in [-0.2, 0) is 11.3 Å². The number of benzene rings is 1. The van der Waals surface area contributed by atoms with Gasteiger partial charge in [-0.2, -0.15) is 15.0 Å². The minimum atomic E-state index is -0.176. The van der Waals surface area contributed by atoms with Crippen LogP contribution in [0.2, 0.25) is 0 Å². The fourth-order valence-corrected chi connectivity index (χ4v) is 2.87. The molecule has 1 N–H and O–H groups in total. The minimum absolute atomic E-state index is 0.176. The molecule has 0 saturated carbocycles. The van der Waals surface area contributed by atoms with Crippen molar-refractivity contribution in [3.63, 3.8) is 0 Å². The van der Waals surface area contributed by atoms with Gasteiger partial charge in [-0.3, -0.25) is 4.79 Å². The molecule has 1 amide bonds. The zero-order valence-electron chi connectivity index (χ0n) is 15.9. The van der Waals surface area contributed by atoms with Gasteiger partial charge in [0, 0.05) is 33.3 Å². The molecule has 0 aliphatic carbocycles. The van der Waals surface area contributed by atoms with E-state index in [1.807, 2.05) is 49.3 Å². The van der Waals surface area contributed by atoms with Crippen LogP contribution in [-0.4, -0.2) is 48.0 Å². The Kier molecular flexibility index (Phi) is 6.35. The van der Waals surface area contributed by atoms with Crippen LogP contribution in [0.4, 0.5) is 11.9 Å². The number of carbonyl (C=O) groups excluding carboxylic acids is 1. The number of anilines is 2. The van der Waals surface area contributed by atoms with E-state index in [4.69, 9.17) is 0 Å². The summed E-state index contributed by atoms with van der Waals surface area (Å²) in [5.74, 6) is 1.69. The summed E-state index contributed by atoms with van der Waals surface area (Å²) in [4.78, 5) is 29.7. The molecule has 0 radical (unpaired) electrons. The normalized spacial score (nSPS) is 14.4. The Bertz CT molecular complexity index is 784. The summed E-state index contributed by atoms with van der Waals surface area (Å²) in [7, 11) is 3.81. The monoisotopic (exact) mass is 366 g/mol. The van der Waals surface area contributed by atoms with Crippen molar-refractivity contribution >= 4 is 23.9 Å². The first-order valence-electron chi connectivity index (χ1n) is 9.30. The lowest BCUT2D eigenvalue weighted by atomic mass is 10.1. The van der Waals surface area contributed by atoms with E-state index in [9.17, 15) is 4.79 Å². The van der Waals surface area contributed by atoms with Gasteiger partial charge in [-0.05, 0) is 30.9 Å². The molecule has 0 atom stereocenters. The van der Waals surface area contributed by atoms with Crippen LogP contribution in [0, 0.1) is 0 Å². The highest BCUT2D eigenvalue weighted by Gasteiger charge is 2.17. The van der Waals surface area contributed by atoms with E-state index in [2.05, 4.69) is 25.2 Å². The standard InChI is InChI=1S/C20H26N6O/c1-25(2)19-22-17(23-20(24-19)26-13-7-4-8-14-26)15-21-18(27)12-11-16-9-5-3-6-10-16/h3,5-6,9-12H,4,7-8,13-15H2,1-2H3,(H,21,27). The molecule has 142 valence electrons. The van der Waals surface area contributed by atoms with Crippen molar-refractivity contribution in [2.24, 2.45) is 0 Å². The molecule has 3 rings (SSSR count).